The fraction of sp³-hybridized carbons (Fsp3) is 0.385. The number of morpholine rings is 1. The summed E-state index contributed by atoms with van der Waals surface area (Å²) < 4.78 is 15.5. The lowest BCUT2D eigenvalue weighted by atomic mass is 9.88. The molecule has 0 amide bonds. The van der Waals surface area contributed by atoms with Crippen LogP contribution in [-0.4, -0.2) is 57.4 Å². The van der Waals surface area contributed by atoms with Crippen molar-refractivity contribution in [3.05, 3.63) is 81.7 Å². The highest BCUT2D eigenvalue weighted by Crippen LogP contribution is 2.38. The van der Waals surface area contributed by atoms with Gasteiger partial charge in [0.1, 0.15) is 0 Å². The van der Waals surface area contributed by atoms with Crippen LogP contribution in [0.5, 0.6) is 0 Å². The number of nitrogens with zero attached hydrogens (tertiary/aromatic N) is 1. The Morgan fingerprint density at radius 1 is 1.03 bits per heavy atom. The average Bonchev–Trinajstić information content (AvgIpc) is 3.07. The Balaban J connectivity index is 2.26. The number of hydrogen-bond acceptors (Lipinski definition) is 6. The van der Waals surface area contributed by atoms with Crippen LogP contribution in [0.2, 0.25) is 0 Å². The molecule has 1 saturated heterocycles. The summed E-state index contributed by atoms with van der Waals surface area (Å²) in [4.78, 5) is 27.8. The van der Waals surface area contributed by atoms with E-state index in [1.807, 2.05) is 31.4 Å². The van der Waals surface area contributed by atoms with Gasteiger partial charge in [-0.1, -0.05) is 38.2 Å². The average molecular weight is 438 g/mol. The number of fused-ring (bicyclic) bond motifs is 1. The number of hydrogen-bond donors (Lipinski definition) is 0. The second kappa shape index (κ2) is 10.5. The summed E-state index contributed by atoms with van der Waals surface area (Å²) >= 11 is 0. The molecule has 170 valence electrons. The third kappa shape index (κ3) is 5.02. The molecule has 1 fully saturated rings. The van der Waals surface area contributed by atoms with Crippen LogP contribution in [0, 0.1) is 5.92 Å². The van der Waals surface area contributed by atoms with E-state index in [1.165, 1.54) is 14.2 Å². The molecule has 0 unspecified atom stereocenters. The number of methoxy groups -OCH3 is 2. The summed E-state index contributed by atoms with van der Waals surface area (Å²) in [5.74, 6) is -0.871. The van der Waals surface area contributed by atoms with E-state index in [9.17, 15) is 9.59 Å². The summed E-state index contributed by atoms with van der Waals surface area (Å²) in [5, 5.41) is 0. The summed E-state index contributed by atoms with van der Waals surface area (Å²) in [6.07, 6.45) is 13.7. The van der Waals surface area contributed by atoms with Gasteiger partial charge in [-0.05, 0) is 53.5 Å². The third-order valence-corrected chi connectivity index (χ3v) is 5.73. The highest BCUT2D eigenvalue weighted by atomic mass is 16.5. The number of allylic oxidation sites excluding steroid dienone is 9. The maximum absolute atomic E-state index is 12.9. The van der Waals surface area contributed by atoms with Crippen molar-refractivity contribution in [2.75, 3.05) is 40.5 Å². The standard InChI is InChI=1S/C26H31NO5/c1-17(2)20-7-6-18(3)23-22(16-20)19(10-11-27-12-14-32-15-13-27)8-9-21(25(28)30-4)24(23)26(29)31-5/h6-11,16-17H,12-15H2,1-5H3/b11-10+. The van der Waals surface area contributed by atoms with Gasteiger partial charge < -0.3 is 19.1 Å². The van der Waals surface area contributed by atoms with Crippen LogP contribution in [0.15, 0.2) is 81.7 Å². The molecule has 0 aromatic heterocycles. The van der Waals surface area contributed by atoms with Crippen molar-refractivity contribution in [1.29, 1.82) is 0 Å². The van der Waals surface area contributed by atoms with Gasteiger partial charge in [-0.25, -0.2) is 9.59 Å². The van der Waals surface area contributed by atoms with E-state index in [1.54, 1.807) is 6.08 Å². The largest absolute Gasteiger partial charge is 0.465 e. The second-order valence-electron chi connectivity index (χ2n) is 8.13. The van der Waals surface area contributed by atoms with Gasteiger partial charge in [0, 0.05) is 18.7 Å². The molecule has 0 atom stereocenters. The zero-order valence-corrected chi connectivity index (χ0v) is 19.4. The van der Waals surface area contributed by atoms with Gasteiger partial charge in [-0.15, -0.1) is 0 Å². The smallest absolute Gasteiger partial charge is 0.339 e. The first-order valence-corrected chi connectivity index (χ1v) is 10.8. The van der Waals surface area contributed by atoms with Crippen LogP contribution < -0.4 is 0 Å². The SMILES string of the molecule is COC(=O)C1=C(C(=O)OC)C2=C(C)C=CC(C(C)C)=CC2=C(/C=C/N2CCOCC2)C=C1. The van der Waals surface area contributed by atoms with E-state index in [4.69, 9.17) is 14.2 Å². The number of esters is 2. The van der Waals surface area contributed by atoms with Crippen molar-refractivity contribution in [2.24, 2.45) is 5.92 Å². The number of rotatable bonds is 5. The molecule has 6 heteroatoms. The fourth-order valence-corrected chi connectivity index (χ4v) is 3.86. The summed E-state index contributed by atoms with van der Waals surface area (Å²) in [5.41, 5.74) is 4.83. The zero-order valence-electron chi connectivity index (χ0n) is 19.4. The highest BCUT2D eigenvalue weighted by molar-refractivity contribution is 6.07. The Morgan fingerprint density at radius 3 is 2.34 bits per heavy atom. The van der Waals surface area contributed by atoms with Crippen molar-refractivity contribution in [1.82, 2.24) is 4.90 Å². The van der Waals surface area contributed by atoms with Crippen LogP contribution in [0.25, 0.3) is 0 Å². The van der Waals surface area contributed by atoms with E-state index in [0.29, 0.717) is 18.8 Å². The normalized spacial score (nSPS) is 19.3. The van der Waals surface area contributed by atoms with Crippen LogP contribution in [0.3, 0.4) is 0 Å². The first-order chi connectivity index (χ1) is 15.4. The van der Waals surface area contributed by atoms with Crippen LogP contribution in [-0.2, 0) is 23.8 Å². The highest BCUT2D eigenvalue weighted by Gasteiger charge is 2.30. The molecular weight excluding hydrogens is 406 g/mol. The lowest BCUT2D eigenvalue weighted by molar-refractivity contribution is -0.138. The predicted molar refractivity (Wildman–Crippen MR) is 124 cm³/mol. The second-order valence-corrected chi connectivity index (χ2v) is 8.13. The molecular formula is C26H31NO5. The molecule has 2 aliphatic carbocycles. The lowest BCUT2D eigenvalue weighted by Gasteiger charge is -2.25. The molecule has 0 aromatic carbocycles. The van der Waals surface area contributed by atoms with Crippen molar-refractivity contribution < 1.29 is 23.8 Å². The molecule has 0 radical (unpaired) electrons. The molecule has 32 heavy (non-hydrogen) atoms. The monoisotopic (exact) mass is 437 g/mol. The zero-order chi connectivity index (χ0) is 23.3. The maximum Gasteiger partial charge on any atom is 0.339 e. The van der Waals surface area contributed by atoms with E-state index in [0.717, 1.165) is 35.4 Å². The maximum atomic E-state index is 12.9. The van der Waals surface area contributed by atoms with E-state index >= 15 is 0 Å². The summed E-state index contributed by atoms with van der Waals surface area (Å²) in [6.45, 7) is 9.22. The minimum atomic E-state index is -0.582. The molecule has 1 heterocycles. The van der Waals surface area contributed by atoms with Crippen molar-refractivity contribution in [2.45, 2.75) is 20.8 Å². The molecule has 0 saturated carbocycles. The van der Waals surface area contributed by atoms with Gasteiger partial charge in [0.05, 0.1) is 38.6 Å². The van der Waals surface area contributed by atoms with Crippen molar-refractivity contribution in [3.63, 3.8) is 0 Å². The fourth-order valence-electron chi connectivity index (χ4n) is 3.86. The first-order valence-electron chi connectivity index (χ1n) is 10.8. The first kappa shape index (κ1) is 23.5. The summed E-state index contributed by atoms with van der Waals surface area (Å²) in [6, 6.07) is 0. The van der Waals surface area contributed by atoms with Crippen LogP contribution >= 0.6 is 0 Å². The van der Waals surface area contributed by atoms with Gasteiger partial charge in [-0.2, -0.15) is 0 Å². The van der Waals surface area contributed by atoms with Gasteiger partial charge >= 0.3 is 11.9 Å². The number of carbonyl (C=O) groups is 2. The Morgan fingerprint density at radius 2 is 1.72 bits per heavy atom. The van der Waals surface area contributed by atoms with Crippen LogP contribution in [0.1, 0.15) is 20.8 Å². The lowest BCUT2D eigenvalue weighted by Crippen LogP contribution is -2.32. The van der Waals surface area contributed by atoms with E-state index < -0.39 is 11.9 Å². The molecule has 3 aliphatic rings. The Hall–Kier alpha value is -3.12. The van der Waals surface area contributed by atoms with Crippen LogP contribution in [0.4, 0.5) is 0 Å². The Labute approximate surface area is 189 Å². The minimum Gasteiger partial charge on any atom is -0.465 e. The molecule has 0 aromatic rings. The van der Waals surface area contributed by atoms with Crippen molar-refractivity contribution in [3.8, 4) is 0 Å². The molecule has 3 rings (SSSR count). The Kier molecular flexibility index (Phi) is 7.70. The number of ether oxygens (including phenoxy) is 3. The predicted octanol–water partition coefficient (Wildman–Crippen LogP) is 3.81. The van der Waals surface area contributed by atoms with E-state index in [2.05, 4.69) is 30.9 Å². The number of carbonyl (C=O) groups excluding carboxylic acids is 2. The minimum absolute atomic E-state index is 0.177. The molecule has 1 aliphatic heterocycles. The topological polar surface area (TPSA) is 65.1 Å². The third-order valence-electron chi connectivity index (χ3n) is 5.73. The molecule has 6 nitrogen and oxygen atoms in total. The Bertz CT molecular complexity index is 995. The van der Waals surface area contributed by atoms with Gasteiger partial charge in [-0.3, -0.25) is 0 Å². The van der Waals surface area contributed by atoms with Gasteiger partial charge in [0.25, 0.3) is 0 Å². The quantitative estimate of drug-likeness (QED) is 0.610. The molecule has 0 spiro atoms. The van der Waals surface area contributed by atoms with E-state index in [-0.39, 0.29) is 17.1 Å². The summed E-state index contributed by atoms with van der Waals surface area (Å²) in [7, 11) is 2.63. The van der Waals surface area contributed by atoms with Gasteiger partial charge in [0.15, 0.2) is 0 Å². The molecule has 0 bridgehead atoms. The van der Waals surface area contributed by atoms with Gasteiger partial charge in [0.2, 0.25) is 0 Å². The molecule has 0 N–H and O–H groups in total. The van der Waals surface area contributed by atoms with Crippen molar-refractivity contribution >= 4 is 11.9 Å².